The fourth-order valence-corrected chi connectivity index (χ4v) is 4.55. The van der Waals surface area contributed by atoms with E-state index in [1.54, 1.807) is 0 Å². The molecule has 30 heavy (non-hydrogen) atoms. The number of oxazole rings is 1. The molecule has 2 aromatic rings. The Morgan fingerprint density at radius 2 is 1.23 bits per heavy atom. The second-order valence-electron chi connectivity index (χ2n) is 10.3. The summed E-state index contributed by atoms with van der Waals surface area (Å²) >= 11 is 0. The van der Waals surface area contributed by atoms with E-state index in [9.17, 15) is 0 Å². The van der Waals surface area contributed by atoms with Crippen molar-refractivity contribution < 1.29 is 4.42 Å². The molecule has 1 aromatic carbocycles. The largest absolute Gasteiger partial charge is 0.441 e. The number of aryl methyl sites for hydroxylation is 2. The van der Waals surface area contributed by atoms with Gasteiger partial charge in [0, 0.05) is 6.92 Å². The van der Waals surface area contributed by atoms with Gasteiger partial charge in [0.25, 0.3) is 0 Å². The lowest BCUT2D eigenvalue weighted by Gasteiger charge is -2.23. The predicted octanol–water partition coefficient (Wildman–Crippen LogP) is 9.46. The number of hydrogen-bond donors (Lipinski definition) is 0. The molecule has 2 nitrogen and oxygen atoms in total. The molecule has 1 heterocycles. The first kappa shape index (κ1) is 25.0. The average Bonchev–Trinajstić information content (AvgIpc) is 3.06. The Morgan fingerprint density at radius 1 is 0.733 bits per heavy atom. The van der Waals surface area contributed by atoms with E-state index in [2.05, 4.69) is 44.8 Å². The maximum Gasteiger partial charge on any atom is 0.192 e. The molecule has 0 amide bonds. The molecular weight excluding hydrogens is 366 g/mol. The number of nitrogens with zero attached hydrogens (tertiary/aromatic N) is 1. The molecule has 0 aliphatic rings. The highest BCUT2D eigenvalue weighted by atomic mass is 16.3. The quantitative estimate of drug-likeness (QED) is 0.272. The summed E-state index contributed by atoms with van der Waals surface area (Å²) in [4.78, 5) is 4.54. The third kappa shape index (κ3) is 8.82. The second kappa shape index (κ2) is 13.2. The van der Waals surface area contributed by atoms with Gasteiger partial charge in [-0.25, -0.2) is 4.98 Å². The Bertz CT molecular complexity index is 722. The fraction of sp³-hybridized carbons (Fsp3) is 0.750. The summed E-state index contributed by atoms with van der Waals surface area (Å²) in [5.41, 5.74) is 4.97. The smallest absolute Gasteiger partial charge is 0.192 e. The zero-order valence-electron chi connectivity index (χ0n) is 20.6. The van der Waals surface area contributed by atoms with Crippen molar-refractivity contribution in [3.63, 3.8) is 0 Å². The molecule has 170 valence electrons. The van der Waals surface area contributed by atoms with Crippen LogP contribution in [0.1, 0.15) is 135 Å². The van der Waals surface area contributed by atoms with Crippen molar-refractivity contribution in [3.8, 4) is 0 Å². The number of aromatic nitrogens is 1. The van der Waals surface area contributed by atoms with Gasteiger partial charge in [0.2, 0.25) is 0 Å². The predicted molar refractivity (Wildman–Crippen MR) is 131 cm³/mol. The van der Waals surface area contributed by atoms with Crippen molar-refractivity contribution >= 4 is 11.1 Å². The molecule has 0 radical (unpaired) electrons. The van der Waals surface area contributed by atoms with E-state index in [4.69, 9.17) is 4.42 Å². The number of rotatable bonds is 15. The van der Waals surface area contributed by atoms with Crippen LogP contribution in [0.3, 0.4) is 0 Å². The van der Waals surface area contributed by atoms with Crippen LogP contribution in [-0.2, 0) is 11.8 Å². The average molecular weight is 414 g/mol. The first-order chi connectivity index (χ1) is 14.4. The van der Waals surface area contributed by atoms with Crippen molar-refractivity contribution in [1.82, 2.24) is 4.98 Å². The summed E-state index contributed by atoms with van der Waals surface area (Å²) in [6, 6.07) is 4.50. The first-order valence-corrected chi connectivity index (χ1v) is 12.8. The third-order valence-electron chi connectivity index (χ3n) is 6.33. The summed E-state index contributed by atoms with van der Waals surface area (Å²) in [7, 11) is 0. The van der Waals surface area contributed by atoms with Gasteiger partial charge in [0.15, 0.2) is 11.5 Å². The van der Waals surface area contributed by atoms with E-state index in [1.807, 2.05) is 6.92 Å². The SMILES string of the molecule is CCCCCCCCCCCCCCCCc1cc2oc(C)nc2cc1C(C)(C)C. The summed E-state index contributed by atoms with van der Waals surface area (Å²) < 4.78 is 5.79. The number of unbranched alkanes of at least 4 members (excludes halogenated alkanes) is 13. The minimum absolute atomic E-state index is 0.145. The number of fused-ring (bicyclic) bond motifs is 1. The zero-order chi connectivity index (χ0) is 21.8. The van der Waals surface area contributed by atoms with Crippen LogP contribution >= 0.6 is 0 Å². The molecule has 2 rings (SSSR count). The minimum atomic E-state index is 0.145. The molecule has 0 atom stereocenters. The van der Waals surface area contributed by atoms with E-state index in [0.717, 1.165) is 23.4 Å². The molecule has 2 heteroatoms. The van der Waals surface area contributed by atoms with Gasteiger partial charge in [0.1, 0.15) is 5.52 Å². The Morgan fingerprint density at radius 3 is 1.73 bits per heavy atom. The summed E-state index contributed by atoms with van der Waals surface area (Å²) in [6.45, 7) is 11.1. The summed E-state index contributed by atoms with van der Waals surface area (Å²) in [5.74, 6) is 0.763. The van der Waals surface area contributed by atoms with Crippen molar-refractivity contribution in [3.05, 3.63) is 29.2 Å². The van der Waals surface area contributed by atoms with Crippen LogP contribution in [0.2, 0.25) is 0 Å². The molecule has 0 saturated heterocycles. The topological polar surface area (TPSA) is 26.0 Å². The van der Waals surface area contributed by atoms with E-state index in [-0.39, 0.29) is 5.41 Å². The van der Waals surface area contributed by atoms with Crippen LogP contribution in [0.4, 0.5) is 0 Å². The normalized spacial score (nSPS) is 12.2. The van der Waals surface area contributed by atoms with Gasteiger partial charge >= 0.3 is 0 Å². The van der Waals surface area contributed by atoms with Crippen molar-refractivity contribution in [1.29, 1.82) is 0 Å². The molecule has 0 aliphatic carbocycles. The second-order valence-corrected chi connectivity index (χ2v) is 10.3. The molecule has 1 aromatic heterocycles. The van der Waals surface area contributed by atoms with Gasteiger partial charge < -0.3 is 4.42 Å². The van der Waals surface area contributed by atoms with Crippen molar-refractivity contribution in [2.75, 3.05) is 0 Å². The highest BCUT2D eigenvalue weighted by molar-refractivity contribution is 5.75. The van der Waals surface area contributed by atoms with Crippen LogP contribution in [0.5, 0.6) is 0 Å². The Hall–Kier alpha value is -1.31. The van der Waals surface area contributed by atoms with Crippen molar-refractivity contribution in [2.24, 2.45) is 0 Å². The monoisotopic (exact) mass is 413 g/mol. The van der Waals surface area contributed by atoms with Crippen molar-refractivity contribution in [2.45, 2.75) is 136 Å². The summed E-state index contributed by atoms with van der Waals surface area (Å²) in [6.07, 6.45) is 20.9. The lowest BCUT2D eigenvalue weighted by Crippen LogP contribution is -2.14. The fourth-order valence-electron chi connectivity index (χ4n) is 4.55. The Balaban J connectivity index is 1.60. The van der Waals surface area contributed by atoms with Gasteiger partial charge in [0.05, 0.1) is 0 Å². The Labute approximate surface area is 186 Å². The molecule has 0 aliphatic heterocycles. The van der Waals surface area contributed by atoms with Crippen LogP contribution < -0.4 is 0 Å². The Kier molecular flexibility index (Phi) is 11.0. The van der Waals surface area contributed by atoms with E-state index in [0.29, 0.717) is 0 Å². The summed E-state index contributed by atoms with van der Waals surface area (Å²) in [5, 5.41) is 0. The van der Waals surface area contributed by atoms with E-state index in [1.165, 1.54) is 101 Å². The highest BCUT2D eigenvalue weighted by Gasteiger charge is 2.20. The van der Waals surface area contributed by atoms with Gasteiger partial charge in [-0.2, -0.15) is 0 Å². The molecule has 0 unspecified atom stereocenters. The van der Waals surface area contributed by atoms with E-state index >= 15 is 0 Å². The zero-order valence-corrected chi connectivity index (χ0v) is 20.6. The molecule has 0 bridgehead atoms. The van der Waals surface area contributed by atoms with Gasteiger partial charge in [-0.05, 0) is 41.5 Å². The molecule has 0 spiro atoms. The molecule has 0 fully saturated rings. The molecular formula is C28H47NO. The maximum atomic E-state index is 5.79. The number of benzene rings is 1. The van der Waals surface area contributed by atoms with Crippen LogP contribution in [-0.4, -0.2) is 4.98 Å². The third-order valence-corrected chi connectivity index (χ3v) is 6.33. The minimum Gasteiger partial charge on any atom is -0.441 e. The van der Waals surface area contributed by atoms with Gasteiger partial charge in [-0.3, -0.25) is 0 Å². The molecule has 0 saturated carbocycles. The van der Waals surface area contributed by atoms with Crippen LogP contribution in [0.15, 0.2) is 16.5 Å². The number of hydrogen-bond acceptors (Lipinski definition) is 2. The maximum absolute atomic E-state index is 5.79. The lowest BCUT2D eigenvalue weighted by atomic mass is 9.82. The van der Waals surface area contributed by atoms with Gasteiger partial charge in [-0.1, -0.05) is 111 Å². The highest BCUT2D eigenvalue weighted by Crippen LogP contribution is 2.31. The lowest BCUT2D eigenvalue weighted by molar-refractivity contribution is 0.533. The standard InChI is InChI=1S/C28H47NO/c1-6-7-8-9-10-11-12-13-14-15-16-17-18-19-20-24-21-27-26(29-23(2)30-27)22-25(24)28(3,4)5/h21-22H,6-20H2,1-5H3. The van der Waals surface area contributed by atoms with Gasteiger partial charge in [-0.15, -0.1) is 0 Å². The van der Waals surface area contributed by atoms with E-state index < -0.39 is 0 Å². The molecule has 0 N–H and O–H groups in total. The van der Waals surface area contributed by atoms with Crippen LogP contribution in [0, 0.1) is 6.92 Å². The van der Waals surface area contributed by atoms with Crippen LogP contribution in [0.25, 0.3) is 11.1 Å². The first-order valence-electron chi connectivity index (χ1n) is 12.8.